The Labute approximate surface area is 127 Å². The van der Waals surface area contributed by atoms with Crippen LogP contribution >= 0.6 is 0 Å². The first-order valence-corrected chi connectivity index (χ1v) is 7.96. The molecule has 0 aliphatic carbocycles. The van der Waals surface area contributed by atoms with Gasteiger partial charge in [0, 0.05) is 44.5 Å². The first kappa shape index (κ1) is 15.8. The van der Waals surface area contributed by atoms with Crippen LogP contribution in [0.25, 0.3) is 0 Å². The fraction of sp³-hybridized carbons (Fsp3) is 0.588. The van der Waals surface area contributed by atoms with Crippen molar-refractivity contribution in [1.29, 1.82) is 0 Å². The van der Waals surface area contributed by atoms with Gasteiger partial charge in [0.2, 0.25) is 5.91 Å². The molecule has 0 saturated carbocycles. The lowest BCUT2D eigenvalue weighted by molar-refractivity contribution is -0.127. The van der Waals surface area contributed by atoms with Crippen molar-refractivity contribution in [2.75, 3.05) is 37.7 Å². The molecule has 2 rings (SSSR count). The fourth-order valence-corrected chi connectivity index (χ4v) is 2.69. The van der Waals surface area contributed by atoms with Gasteiger partial charge in [-0.2, -0.15) is 0 Å². The number of para-hydroxylation sites is 1. The van der Waals surface area contributed by atoms with Crippen LogP contribution in [0.4, 0.5) is 5.69 Å². The molecule has 1 amide bonds. The predicted molar refractivity (Wildman–Crippen MR) is 85.5 cm³/mol. The van der Waals surface area contributed by atoms with Gasteiger partial charge in [-0.3, -0.25) is 4.79 Å². The first-order chi connectivity index (χ1) is 10.3. The summed E-state index contributed by atoms with van der Waals surface area (Å²) in [6.07, 6.45) is 2.69. The third-order valence-corrected chi connectivity index (χ3v) is 4.00. The number of amides is 1. The lowest BCUT2D eigenvalue weighted by Crippen LogP contribution is -2.36. The van der Waals surface area contributed by atoms with Crippen LogP contribution in [0.2, 0.25) is 0 Å². The Balaban J connectivity index is 1.67. The Morgan fingerprint density at radius 1 is 1.29 bits per heavy atom. The van der Waals surface area contributed by atoms with E-state index in [0.29, 0.717) is 0 Å². The second-order valence-corrected chi connectivity index (χ2v) is 5.45. The van der Waals surface area contributed by atoms with E-state index in [0.717, 1.165) is 52.1 Å². The van der Waals surface area contributed by atoms with E-state index < -0.39 is 0 Å². The highest BCUT2D eigenvalue weighted by Crippen LogP contribution is 2.15. The zero-order valence-corrected chi connectivity index (χ0v) is 12.9. The van der Waals surface area contributed by atoms with Gasteiger partial charge >= 0.3 is 0 Å². The number of benzene rings is 1. The van der Waals surface area contributed by atoms with Crippen LogP contribution in [0, 0.1) is 5.92 Å². The van der Waals surface area contributed by atoms with Crippen molar-refractivity contribution in [3.05, 3.63) is 30.3 Å². The predicted octanol–water partition coefficient (Wildman–Crippen LogP) is 2.45. The fourth-order valence-electron chi connectivity index (χ4n) is 2.69. The monoisotopic (exact) mass is 290 g/mol. The summed E-state index contributed by atoms with van der Waals surface area (Å²) in [7, 11) is 0. The van der Waals surface area contributed by atoms with Gasteiger partial charge in [-0.15, -0.1) is 0 Å². The van der Waals surface area contributed by atoms with E-state index in [4.69, 9.17) is 4.74 Å². The molecule has 1 fully saturated rings. The van der Waals surface area contributed by atoms with E-state index in [1.165, 1.54) is 5.69 Å². The average molecular weight is 290 g/mol. The third-order valence-electron chi connectivity index (χ3n) is 4.00. The molecule has 1 aliphatic heterocycles. The lowest BCUT2D eigenvalue weighted by Gasteiger charge is -2.24. The van der Waals surface area contributed by atoms with Crippen molar-refractivity contribution >= 4 is 11.6 Å². The summed E-state index contributed by atoms with van der Waals surface area (Å²) in [6, 6.07) is 10.4. The average Bonchev–Trinajstić information content (AvgIpc) is 2.56. The molecule has 0 unspecified atom stereocenters. The third kappa shape index (κ3) is 5.05. The van der Waals surface area contributed by atoms with E-state index in [1.54, 1.807) is 0 Å². The number of rotatable bonds is 7. The van der Waals surface area contributed by atoms with Gasteiger partial charge in [-0.25, -0.2) is 0 Å². The Kier molecular flexibility index (Phi) is 6.54. The van der Waals surface area contributed by atoms with Crippen LogP contribution in [-0.4, -0.2) is 38.8 Å². The summed E-state index contributed by atoms with van der Waals surface area (Å²) < 4.78 is 5.28. The largest absolute Gasteiger partial charge is 0.381 e. The van der Waals surface area contributed by atoms with E-state index >= 15 is 0 Å². The molecule has 0 atom stereocenters. The normalized spacial score (nSPS) is 15.7. The van der Waals surface area contributed by atoms with Crippen LogP contribution < -0.4 is 10.2 Å². The number of carbonyl (C=O) groups excluding carboxylic acids is 1. The van der Waals surface area contributed by atoms with Gasteiger partial charge in [-0.1, -0.05) is 18.2 Å². The van der Waals surface area contributed by atoms with Crippen LogP contribution in [0.3, 0.4) is 0 Å². The van der Waals surface area contributed by atoms with E-state index in [1.807, 2.05) is 6.07 Å². The van der Waals surface area contributed by atoms with E-state index in [-0.39, 0.29) is 11.8 Å². The maximum atomic E-state index is 12.0. The molecule has 0 bridgehead atoms. The minimum absolute atomic E-state index is 0.148. The van der Waals surface area contributed by atoms with Gasteiger partial charge in [0.05, 0.1) is 0 Å². The van der Waals surface area contributed by atoms with Crippen molar-refractivity contribution in [3.8, 4) is 0 Å². The van der Waals surface area contributed by atoms with Crippen molar-refractivity contribution in [3.63, 3.8) is 0 Å². The summed E-state index contributed by atoms with van der Waals surface area (Å²) in [6.45, 7) is 6.30. The molecule has 0 radical (unpaired) electrons. The zero-order valence-electron chi connectivity index (χ0n) is 12.9. The van der Waals surface area contributed by atoms with E-state index in [2.05, 4.69) is 41.4 Å². The number of nitrogens with zero attached hydrogens (tertiary/aromatic N) is 1. The number of ether oxygens (including phenoxy) is 1. The molecule has 1 aliphatic rings. The molecule has 116 valence electrons. The highest BCUT2D eigenvalue weighted by molar-refractivity contribution is 5.78. The summed E-state index contributed by atoms with van der Waals surface area (Å²) in [4.78, 5) is 14.3. The second kappa shape index (κ2) is 8.67. The molecule has 0 aromatic heterocycles. The van der Waals surface area contributed by atoms with E-state index in [9.17, 15) is 4.79 Å². The lowest BCUT2D eigenvalue weighted by atomic mass is 9.99. The van der Waals surface area contributed by atoms with Crippen molar-refractivity contribution < 1.29 is 9.53 Å². The Bertz CT molecular complexity index is 416. The zero-order chi connectivity index (χ0) is 14.9. The SMILES string of the molecule is CCN(CCCNC(=O)C1CCOCC1)c1ccccc1. The van der Waals surface area contributed by atoms with Gasteiger partial charge in [0.15, 0.2) is 0 Å². The molecular formula is C17H26N2O2. The molecule has 1 aromatic rings. The molecule has 4 heteroatoms. The topological polar surface area (TPSA) is 41.6 Å². The van der Waals surface area contributed by atoms with Crippen LogP contribution in [-0.2, 0) is 9.53 Å². The summed E-state index contributed by atoms with van der Waals surface area (Å²) >= 11 is 0. The Morgan fingerprint density at radius 3 is 2.67 bits per heavy atom. The summed E-state index contributed by atoms with van der Waals surface area (Å²) in [5, 5.41) is 3.06. The Hall–Kier alpha value is -1.55. The molecule has 1 heterocycles. The van der Waals surface area contributed by atoms with Crippen LogP contribution in [0.1, 0.15) is 26.2 Å². The first-order valence-electron chi connectivity index (χ1n) is 7.96. The highest BCUT2D eigenvalue weighted by atomic mass is 16.5. The maximum absolute atomic E-state index is 12.0. The van der Waals surface area contributed by atoms with Crippen molar-refractivity contribution in [2.45, 2.75) is 26.2 Å². The molecule has 0 spiro atoms. The molecule has 1 saturated heterocycles. The second-order valence-electron chi connectivity index (χ2n) is 5.45. The highest BCUT2D eigenvalue weighted by Gasteiger charge is 2.20. The van der Waals surface area contributed by atoms with Crippen LogP contribution in [0.15, 0.2) is 30.3 Å². The van der Waals surface area contributed by atoms with Gasteiger partial charge in [0.25, 0.3) is 0 Å². The van der Waals surface area contributed by atoms with Gasteiger partial charge < -0.3 is 15.0 Å². The van der Waals surface area contributed by atoms with Gasteiger partial charge in [0.1, 0.15) is 0 Å². The minimum atomic E-state index is 0.148. The maximum Gasteiger partial charge on any atom is 0.223 e. The smallest absolute Gasteiger partial charge is 0.223 e. The number of hydrogen-bond donors (Lipinski definition) is 1. The molecule has 1 N–H and O–H groups in total. The number of carbonyl (C=O) groups is 1. The number of nitrogens with one attached hydrogen (secondary N) is 1. The molecule has 1 aromatic carbocycles. The molecular weight excluding hydrogens is 264 g/mol. The summed E-state index contributed by atoms with van der Waals surface area (Å²) in [5.41, 5.74) is 1.25. The quantitative estimate of drug-likeness (QED) is 0.784. The standard InChI is InChI=1S/C17H26N2O2/c1-2-19(16-7-4-3-5-8-16)12-6-11-18-17(20)15-9-13-21-14-10-15/h3-5,7-8,15H,2,6,9-14H2,1H3,(H,18,20). The van der Waals surface area contributed by atoms with Crippen LogP contribution in [0.5, 0.6) is 0 Å². The minimum Gasteiger partial charge on any atom is -0.381 e. The number of hydrogen-bond acceptors (Lipinski definition) is 3. The molecule has 4 nitrogen and oxygen atoms in total. The van der Waals surface area contributed by atoms with Crippen molar-refractivity contribution in [1.82, 2.24) is 5.32 Å². The van der Waals surface area contributed by atoms with Gasteiger partial charge in [-0.05, 0) is 38.3 Å². The summed E-state index contributed by atoms with van der Waals surface area (Å²) in [5.74, 6) is 0.344. The Morgan fingerprint density at radius 2 is 2.00 bits per heavy atom. The van der Waals surface area contributed by atoms with Crippen molar-refractivity contribution in [2.24, 2.45) is 5.92 Å². The number of anilines is 1. The molecule has 21 heavy (non-hydrogen) atoms.